The van der Waals surface area contributed by atoms with Crippen LogP contribution in [0.2, 0.25) is 0 Å². The Labute approximate surface area is 105 Å². The molecule has 0 saturated heterocycles. The van der Waals surface area contributed by atoms with Gasteiger partial charge < -0.3 is 5.32 Å². The standard InChI is InChI=1S/C11H22N2OS2/c1-4-5-10-8-12-11(15-10)13-9(2)6-7-16(3)14/h9-10H,4-8H2,1-3H3,(H,12,13). The van der Waals surface area contributed by atoms with Gasteiger partial charge in [-0.15, -0.1) is 0 Å². The number of amidine groups is 1. The van der Waals surface area contributed by atoms with Gasteiger partial charge in [0.05, 0.1) is 6.54 Å². The third-order valence-corrected chi connectivity index (χ3v) is 4.53. The van der Waals surface area contributed by atoms with Gasteiger partial charge in [-0.3, -0.25) is 9.20 Å². The van der Waals surface area contributed by atoms with Crippen molar-refractivity contribution in [1.82, 2.24) is 5.32 Å². The first-order valence-corrected chi connectivity index (χ1v) is 8.50. The quantitative estimate of drug-likeness (QED) is 0.796. The average molecular weight is 262 g/mol. The van der Waals surface area contributed by atoms with Crippen LogP contribution >= 0.6 is 11.8 Å². The van der Waals surface area contributed by atoms with Gasteiger partial charge in [0.2, 0.25) is 0 Å². The zero-order valence-corrected chi connectivity index (χ0v) is 12.0. The molecule has 0 aromatic heterocycles. The predicted octanol–water partition coefficient (Wildman–Crippen LogP) is 2.00. The molecule has 3 atom stereocenters. The fraction of sp³-hybridized carbons (Fsp3) is 0.909. The third kappa shape index (κ3) is 5.34. The van der Waals surface area contributed by atoms with E-state index < -0.39 is 10.8 Å². The Bertz CT molecular complexity index is 269. The van der Waals surface area contributed by atoms with E-state index >= 15 is 0 Å². The highest BCUT2D eigenvalue weighted by atomic mass is 32.2. The number of thioether (sulfide) groups is 1. The largest absolute Gasteiger partial charge is 0.362 e. The second-order valence-corrected chi connectivity index (χ2v) is 7.13. The van der Waals surface area contributed by atoms with E-state index in [-0.39, 0.29) is 0 Å². The molecule has 0 radical (unpaired) electrons. The summed E-state index contributed by atoms with van der Waals surface area (Å²) in [4.78, 5) is 4.50. The van der Waals surface area contributed by atoms with Crippen molar-refractivity contribution in [3.63, 3.8) is 0 Å². The summed E-state index contributed by atoms with van der Waals surface area (Å²) < 4.78 is 11.0. The molecular formula is C11H22N2OS2. The first-order chi connectivity index (χ1) is 7.61. The van der Waals surface area contributed by atoms with E-state index in [9.17, 15) is 4.21 Å². The lowest BCUT2D eigenvalue weighted by atomic mass is 10.2. The summed E-state index contributed by atoms with van der Waals surface area (Å²) in [6, 6.07) is 0.371. The molecule has 1 heterocycles. The summed E-state index contributed by atoms with van der Waals surface area (Å²) in [5, 5.41) is 5.14. The molecule has 16 heavy (non-hydrogen) atoms. The number of rotatable bonds is 6. The van der Waals surface area contributed by atoms with Gasteiger partial charge in [0.1, 0.15) is 0 Å². The molecule has 3 nitrogen and oxygen atoms in total. The normalized spacial score (nSPS) is 23.9. The van der Waals surface area contributed by atoms with Gasteiger partial charge in [-0.1, -0.05) is 25.1 Å². The van der Waals surface area contributed by atoms with E-state index in [1.165, 1.54) is 12.8 Å². The molecule has 0 fully saturated rings. The monoisotopic (exact) mass is 262 g/mol. The van der Waals surface area contributed by atoms with Crippen LogP contribution in [0.25, 0.3) is 0 Å². The molecule has 0 aromatic rings. The molecule has 1 aliphatic rings. The molecule has 1 rings (SSSR count). The van der Waals surface area contributed by atoms with Gasteiger partial charge in [-0.25, -0.2) is 0 Å². The maximum atomic E-state index is 11.0. The van der Waals surface area contributed by atoms with Crippen LogP contribution in [0, 0.1) is 0 Å². The Morgan fingerprint density at radius 3 is 3.06 bits per heavy atom. The molecule has 5 heteroatoms. The Morgan fingerprint density at radius 2 is 2.44 bits per heavy atom. The van der Waals surface area contributed by atoms with Crippen LogP contribution in [-0.2, 0) is 10.8 Å². The van der Waals surface area contributed by atoms with Crippen LogP contribution in [-0.4, -0.2) is 39.2 Å². The van der Waals surface area contributed by atoms with Crippen LogP contribution in [0.3, 0.4) is 0 Å². The van der Waals surface area contributed by atoms with Crippen LogP contribution < -0.4 is 5.32 Å². The molecule has 0 aliphatic carbocycles. The minimum Gasteiger partial charge on any atom is -0.362 e. The number of nitrogens with zero attached hydrogens (tertiary/aromatic N) is 1. The molecule has 94 valence electrons. The summed E-state index contributed by atoms with van der Waals surface area (Å²) in [5.74, 6) is 0.768. The smallest absolute Gasteiger partial charge is 0.157 e. The van der Waals surface area contributed by atoms with Gasteiger partial charge in [-0.05, 0) is 19.8 Å². The van der Waals surface area contributed by atoms with Crippen molar-refractivity contribution in [3.8, 4) is 0 Å². The van der Waals surface area contributed by atoms with Crippen molar-refractivity contribution in [1.29, 1.82) is 0 Å². The molecule has 3 unspecified atom stereocenters. The van der Waals surface area contributed by atoms with E-state index in [1.54, 1.807) is 6.26 Å². The lowest BCUT2D eigenvalue weighted by Gasteiger charge is -2.14. The Hall–Kier alpha value is -0.0300. The van der Waals surface area contributed by atoms with Crippen molar-refractivity contribution in [2.45, 2.75) is 44.4 Å². The van der Waals surface area contributed by atoms with E-state index in [4.69, 9.17) is 0 Å². The highest BCUT2D eigenvalue weighted by Gasteiger charge is 2.19. The van der Waals surface area contributed by atoms with Gasteiger partial charge in [0, 0.05) is 34.1 Å². The Morgan fingerprint density at radius 1 is 1.69 bits per heavy atom. The predicted molar refractivity (Wildman–Crippen MR) is 74.7 cm³/mol. The maximum Gasteiger partial charge on any atom is 0.157 e. The lowest BCUT2D eigenvalue weighted by Crippen LogP contribution is -2.31. The zero-order chi connectivity index (χ0) is 12.0. The fourth-order valence-corrected chi connectivity index (χ4v) is 3.52. The number of hydrogen-bond acceptors (Lipinski definition) is 4. The van der Waals surface area contributed by atoms with E-state index in [0.29, 0.717) is 11.3 Å². The van der Waals surface area contributed by atoms with Crippen LogP contribution in [0.15, 0.2) is 4.99 Å². The van der Waals surface area contributed by atoms with Crippen molar-refractivity contribution in [3.05, 3.63) is 0 Å². The summed E-state index contributed by atoms with van der Waals surface area (Å²) >= 11 is 1.86. The molecule has 0 spiro atoms. The average Bonchev–Trinajstić information content (AvgIpc) is 2.63. The molecule has 0 saturated carbocycles. The van der Waals surface area contributed by atoms with Gasteiger partial charge in [0.25, 0.3) is 0 Å². The highest BCUT2D eigenvalue weighted by molar-refractivity contribution is 8.14. The third-order valence-electron chi connectivity index (χ3n) is 2.54. The van der Waals surface area contributed by atoms with Crippen LogP contribution in [0.5, 0.6) is 0 Å². The van der Waals surface area contributed by atoms with Crippen molar-refractivity contribution < 1.29 is 4.21 Å². The topological polar surface area (TPSA) is 41.5 Å². The van der Waals surface area contributed by atoms with Crippen LogP contribution in [0.1, 0.15) is 33.1 Å². The second-order valence-electron chi connectivity index (χ2n) is 4.29. The summed E-state index contributed by atoms with van der Waals surface area (Å²) in [5.41, 5.74) is 0. The molecule has 1 aliphatic heterocycles. The summed E-state index contributed by atoms with van der Waals surface area (Å²) in [6.07, 6.45) is 5.17. The van der Waals surface area contributed by atoms with Gasteiger partial charge >= 0.3 is 0 Å². The molecule has 1 N–H and O–H groups in total. The van der Waals surface area contributed by atoms with Crippen molar-refractivity contribution >= 4 is 27.7 Å². The summed E-state index contributed by atoms with van der Waals surface area (Å²) in [6.45, 7) is 5.29. The van der Waals surface area contributed by atoms with E-state index in [0.717, 1.165) is 23.9 Å². The van der Waals surface area contributed by atoms with E-state index in [1.807, 2.05) is 11.8 Å². The number of hydrogen-bond donors (Lipinski definition) is 1. The SMILES string of the molecule is CCCC1CN=C(NC(C)CCS(C)=O)S1. The Kier molecular flexibility index (Phi) is 6.43. The number of nitrogens with one attached hydrogen (secondary N) is 1. The van der Waals surface area contributed by atoms with Gasteiger partial charge in [0.15, 0.2) is 5.17 Å². The van der Waals surface area contributed by atoms with Crippen molar-refractivity contribution in [2.24, 2.45) is 4.99 Å². The zero-order valence-electron chi connectivity index (χ0n) is 10.4. The fourth-order valence-electron chi connectivity index (χ4n) is 1.59. The maximum absolute atomic E-state index is 11.0. The lowest BCUT2D eigenvalue weighted by molar-refractivity contribution is 0.638. The minimum absolute atomic E-state index is 0.371. The Balaban J connectivity index is 2.20. The molecule has 0 amide bonds. The first kappa shape index (κ1) is 14.0. The minimum atomic E-state index is -0.686. The molecule has 0 bridgehead atoms. The number of aliphatic imine (C=N–C) groups is 1. The van der Waals surface area contributed by atoms with E-state index in [2.05, 4.69) is 24.2 Å². The van der Waals surface area contributed by atoms with Crippen molar-refractivity contribution in [2.75, 3.05) is 18.6 Å². The van der Waals surface area contributed by atoms with Crippen LogP contribution in [0.4, 0.5) is 0 Å². The molecule has 0 aromatic carbocycles. The molecular weight excluding hydrogens is 240 g/mol. The first-order valence-electron chi connectivity index (χ1n) is 5.89. The summed E-state index contributed by atoms with van der Waals surface area (Å²) in [7, 11) is -0.686. The highest BCUT2D eigenvalue weighted by Crippen LogP contribution is 2.23. The second kappa shape index (κ2) is 7.33. The van der Waals surface area contributed by atoms with Gasteiger partial charge in [-0.2, -0.15) is 0 Å².